The monoisotopic (exact) mass is 604 g/mol. The van der Waals surface area contributed by atoms with Gasteiger partial charge in [-0.1, -0.05) is 48.0 Å². The summed E-state index contributed by atoms with van der Waals surface area (Å²) >= 11 is 0. The van der Waals surface area contributed by atoms with E-state index in [4.69, 9.17) is 27.5 Å². The van der Waals surface area contributed by atoms with E-state index in [1.54, 1.807) is 43.3 Å². The summed E-state index contributed by atoms with van der Waals surface area (Å²) in [7, 11) is -0.404. The number of phenols is 1. The van der Waals surface area contributed by atoms with Crippen molar-refractivity contribution in [3.63, 3.8) is 0 Å². The first kappa shape index (κ1) is 29.3. The molecule has 5 rings (SSSR count). The number of benzene rings is 4. The summed E-state index contributed by atoms with van der Waals surface area (Å²) < 4.78 is 60.6. The second-order valence-corrected chi connectivity index (χ2v) is 10.9. The summed E-state index contributed by atoms with van der Waals surface area (Å²) in [5, 5.41) is 10.9. The predicted molar refractivity (Wildman–Crippen MR) is 159 cm³/mol. The van der Waals surface area contributed by atoms with Gasteiger partial charge < -0.3 is 32.7 Å². The predicted octanol–water partition coefficient (Wildman–Crippen LogP) is 5.85. The van der Waals surface area contributed by atoms with Crippen LogP contribution >= 0.6 is 0 Å². The lowest BCUT2D eigenvalue weighted by atomic mass is 10.1. The molecule has 0 atom stereocenters. The largest absolute Gasteiger partial charge is 0.504 e. The molecule has 0 bridgehead atoms. The lowest BCUT2D eigenvalue weighted by Gasteiger charge is -2.19. The van der Waals surface area contributed by atoms with Crippen molar-refractivity contribution in [2.75, 3.05) is 21.3 Å². The molecule has 4 aromatic carbocycles. The molecule has 1 heterocycles. The van der Waals surface area contributed by atoms with Crippen molar-refractivity contribution in [3.05, 3.63) is 100 Å². The standard InChI is InChI=1S/C32H28O10S/c1-19-10-16-23(17-11-19)43(35,36)42-30-26(34)24-25(33)29(38-3)32(40-18-20-8-6-5-7-9-20)31(39-4)28(24)41-27(30)21-12-14-22(37-2)15-13-21/h5-17,33H,18H2,1-4H3. The van der Waals surface area contributed by atoms with Crippen molar-refractivity contribution >= 4 is 21.1 Å². The van der Waals surface area contributed by atoms with Gasteiger partial charge in [0.15, 0.2) is 17.1 Å². The Labute approximate surface area is 247 Å². The van der Waals surface area contributed by atoms with Gasteiger partial charge in [0.2, 0.25) is 28.4 Å². The number of aromatic hydroxyl groups is 1. The van der Waals surface area contributed by atoms with Crippen LogP contribution in [0.1, 0.15) is 11.1 Å². The summed E-state index contributed by atoms with van der Waals surface area (Å²) in [6.45, 7) is 1.88. The zero-order valence-electron chi connectivity index (χ0n) is 23.7. The average Bonchev–Trinajstić information content (AvgIpc) is 3.02. The molecule has 0 saturated carbocycles. The van der Waals surface area contributed by atoms with Gasteiger partial charge in [-0.05, 0) is 48.9 Å². The zero-order chi connectivity index (χ0) is 30.7. The Bertz CT molecular complexity index is 1930. The molecule has 0 fully saturated rings. The molecule has 222 valence electrons. The van der Waals surface area contributed by atoms with E-state index < -0.39 is 32.4 Å². The van der Waals surface area contributed by atoms with Crippen LogP contribution in [0, 0.1) is 6.92 Å². The Hall–Kier alpha value is -5.16. The van der Waals surface area contributed by atoms with Crippen LogP contribution in [0.2, 0.25) is 0 Å². The molecule has 0 amide bonds. The van der Waals surface area contributed by atoms with E-state index in [9.17, 15) is 18.3 Å². The van der Waals surface area contributed by atoms with E-state index in [-0.39, 0.29) is 45.7 Å². The maximum absolute atomic E-state index is 14.1. The number of ether oxygens (including phenoxy) is 4. The molecule has 11 heteroatoms. The van der Waals surface area contributed by atoms with E-state index in [0.717, 1.165) is 11.1 Å². The summed E-state index contributed by atoms with van der Waals surface area (Å²) in [6.07, 6.45) is 0. The van der Waals surface area contributed by atoms with Crippen molar-refractivity contribution in [2.24, 2.45) is 0 Å². The Kier molecular flexibility index (Phi) is 8.18. The van der Waals surface area contributed by atoms with Crippen LogP contribution in [0.3, 0.4) is 0 Å². The van der Waals surface area contributed by atoms with Crippen molar-refractivity contribution in [1.29, 1.82) is 0 Å². The number of fused-ring (bicyclic) bond motifs is 1. The van der Waals surface area contributed by atoms with Crippen LogP contribution in [0.5, 0.6) is 34.5 Å². The SMILES string of the molecule is COc1ccc(-c2oc3c(OC)c(OCc4ccccc4)c(OC)c(O)c3c(=O)c2OS(=O)(=O)c2ccc(C)cc2)cc1. The number of phenolic OH excluding ortho intramolecular Hbond substituents is 1. The Morgan fingerprint density at radius 1 is 0.767 bits per heavy atom. The van der Waals surface area contributed by atoms with Crippen LogP contribution in [-0.4, -0.2) is 34.9 Å². The molecule has 0 saturated heterocycles. The minimum absolute atomic E-state index is 0.0244. The summed E-state index contributed by atoms with van der Waals surface area (Å²) in [5.41, 5.74) is 0.748. The van der Waals surface area contributed by atoms with E-state index in [2.05, 4.69) is 0 Å². The Morgan fingerprint density at radius 2 is 1.42 bits per heavy atom. The van der Waals surface area contributed by atoms with Gasteiger partial charge in [-0.15, -0.1) is 0 Å². The molecular weight excluding hydrogens is 576 g/mol. The molecule has 10 nitrogen and oxygen atoms in total. The second-order valence-electron chi connectivity index (χ2n) is 9.39. The van der Waals surface area contributed by atoms with Crippen molar-refractivity contribution in [3.8, 4) is 45.8 Å². The first-order valence-electron chi connectivity index (χ1n) is 13.0. The van der Waals surface area contributed by atoms with Crippen molar-refractivity contribution < 1.29 is 41.1 Å². The maximum Gasteiger partial charge on any atom is 0.339 e. The van der Waals surface area contributed by atoms with Crippen LogP contribution in [0.4, 0.5) is 0 Å². The zero-order valence-corrected chi connectivity index (χ0v) is 24.6. The highest BCUT2D eigenvalue weighted by Crippen LogP contribution is 2.51. The lowest BCUT2D eigenvalue weighted by Crippen LogP contribution is -2.17. The van der Waals surface area contributed by atoms with E-state index in [1.165, 1.54) is 33.5 Å². The summed E-state index contributed by atoms with van der Waals surface area (Å²) in [6, 6.07) is 21.5. The third kappa shape index (κ3) is 5.67. The molecule has 0 aliphatic heterocycles. The number of methoxy groups -OCH3 is 3. The highest BCUT2D eigenvalue weighted by Gasteiger charge is 2.32. The Morgan fingerprint density at radius 3 is 2.02 bits per heavy atom. The van der Waals surface area contributed by atoms with Gasteiger partial charge in [-0.25, -0.2) is 0 Å². The fourth-order valence-electron chi connectivity index (χ4n) is 4.43. The summed E-state index contributed by atoms with van der Waals surface area (Å²) in [4.78, 5) is 13.9. The number of hydrogen-bond acceptors (Lipinski definition) is 10. The summed E-state index contributed by atoms with van der Waals surface area (Å²) in [5.74, 6) is -1.32. The van der Waals surface area contributed by atoms with Gasteiger partial charge in [0.25, 0.3) is 0 Å². The van der Waals surface area contributed by atoms with Crippen molar-refractivity contribution in [1.82, 2.24) is 0 Å². The third-order valence-corrected chi connectivity index (χ3v) is 7.87. The van der Waals surface area contributed by atoms with Gasteiger partial charge in [0, 0.05) is 5.56 Å². The minimum Gasteiger partial charge on any atom is -0.504 e. The van der Waals surface area contributed by atoms with E-state index in [0.29, 0.717) is 5.75 Å². The normalized spacial score (nSPS) is 11.3. The smallest absolute Gasteiger partial charge is 0.339 e. The minimum atomic E-state index is -4.51. The fourth-order valence-corrected chi connectivity index (χ4v) is 5.36. The molecule has 0 radical (unpaired) electrons. The number of aryl methyl sites for hydroxylation is 1. The number of rotatable bonds is 10. The molecule has 1 aromatic heterocycles. The lowest BCUT2D eigenvalue weighted by molar-refractivity contribution is 0.260. The van der Waals surface area contributed by atoms with Gasteiger partial charge in [-0.3, -0.25) is 4.79 Å². The first-order valence-corrected chi connectivity index (χ1v) is 14.4. The van der Waals surface area contributed by atoms with Crippen molar-refractivity contribution in [2.45, 2.75) is 18.4 Å². The van der Waals surface area contributed by atoms with Gasteiger partial charge >= 0.3 is 10.1 Å². The molecule has 0 unspecified atom stereocenters. The molecule has 0 spiro atoms. The molecule has 5 aromatic rings. The molecule has 43 heavy (non-hydrogen) atoms. The van der Waals surface area contributed by atoms with Gasteiger partial charge in [-0.2, -0.15) is 8.42 Å². The highest BCUT2D eigenvalue weighted by molar-refractivity contribution is 7.87. The number of hydrogen-bond donors (Lipinski definition) is 1. The van der Waals surface area contributed by atoms with Gasteiger partial charge in [0.1, 0.15) is 22.6 Å². The van der Waals surface area contributed by atoms with Crippen LogP contribution in [-0.2, 0) is 16.7 Å². The van der Waals surface area contributed by atoms with E-state index in [1.807, 2.05) is 30.3 Å². The molecule has 1 N–H and O–H groups in total. The topological polar surface area (TPSA) is 131 Å². The fraction of sp³-hybridized carbons (Fsp3) is 0.156. The Balaban J connectivity index is 1.77. The second kappa shape index (κ2) is 12.0. The maximum atomic E-state index is 14.1. The average molecular weight is 605 g/mol. The van der Waals surface area contributed by atoms with Crippen LogP contribution in [0.25, 0.3) is 22.3 Å². The molecular formula is C32H28O10S. The van der Waals surface area contributed by atoms with E-state index >= 15 is 0 Å². The third-order valence-electron chi connectivity index (χ3n) is 6.63. The van der Waals surface area contributed by atoms with Crippen LogP contribution in [0.15, 0.2) is 93.0 Å². The quantitative estimate of drug-likeness (QED) is 0.194. The molecule has 0 aliphatic rings. The van der Waals surface area contributed by atoms with Gasteiger partial charge in [0.05, 0.1) is 21.3 Å². The first-order chi connectivity index (χ1) is 20.7. The van der Waals surface area contributed by atoms with Crippen LogP contribution < -0.4 is 28.6 Å². The molecule has 0 aliphatic carbocycles. The highest BCUT2D eigenvalue weighted by atomic mass is 32.2.